The predicted molar refractivity (Wildman–Crippen MR) is 45.3 cm³/mol. The van der Waals surface area contributed by atoms with E-state index in [1.165, 1.54) is 6.16 Å². The first-order valence-electron chi connectivity index (χ1n) is 2.88. The molecule has 0 N–H and O–H groups in total. The summed E-state index contributed by atoms with van der Waals surface area (Å²) in [5, 5.41) is 0. The first kappa shape index (κ1) is 11.3. The van der Waals surface area contributed by atoms with Crippen LogP contribution in [0.5, 0.6) is 0 Å². The highest BCUT2D eigenvalue weighted by molar-refractivity contribution is 7.57. The third-order valence-electron chi connectivity index (χ3n) is 1.38. The lowest BCUT2D eigenvalue weighted by molar-refractivity contribution is 1.08. The van der Waals surface area contributed by atoms with Crippen molar-refractivity contribution in [3.63, 3.8) is 0 Å². The van der Waals surface area contributed by atoms with Gasteiger partial charge in [0, 0.05) is 0 Å². The highest BCUT2D eigenvalue weighted by Gasteiger charge is 1.99. The summed E-state index contributed by atoms with van der Waals surface area (Å²) in [4.78, 5) is 0. The van der Waals surface area contributed by atoms with Crippen molar-refractivity contribution >= 4 is 7.92 Å². The molecule has 0 aliphatic heterocycles. The molecule has 1 heteroatoms. The molecule has 8 heavy (non-hydrogen) atoms. The van der Waals surface area contributed by atoms with Crippen LogP contribution in [0.15, 0.2) is 0 Å². The van der Waals surface area contributed by atoms with Crippen LogP contribution in [0, 0.1) is 0 Å². The molecule has 0 aliphatic carbocycles. The summed E-state index contributed by atoms with van der Waals surface area (Å²) in [6.45, 7) is 9.23. The van der Waals surface area contributed by atoms with Crippen LogP contribution in [0.25, 0.3) is 0 Å². The predicted octanol–water partition coefficient (Wildman–Crippen LogP) is 3.16. The van der Waals surface area contributed by atoms with Gasteiger partial charge in [-0.15, -0.1) is 7.92 Å². The van der Waals surface area contributed by atoms with Gasteiger partial charge < -0.3 is 0 Å². The molecule has 0 saturated heterocycles. The Morgan fingerprint density at radius 1 is 1.38 bits per heavy atom. The summed E-state index contributed by atoms with van der Waals surface area (Å²) in [6, 6.07) is 0. The quantitative estimate of drug-likeness (QED) is 0.509. The smallest absolute Gasteiger partial charge is 0.0269 e. The zero-order valence-corrected chi connectivity index (χ0v) is 6.63. The number of rotatable bonds is 2. The SMILES string of the molecule is C.CCP(C)C(C)C. The van der Waals surface area contributed by atoms with Crippen LogP contribution >= 0.6 is 7.92 Å². The second kappa shape index (κ2) is 5.56. The molecule has 0 saturated carbocycles. The van der Waals surface area contributed by atoms with Crippen LogP contribution in [0.2, 0.25) is 0 Å². The molecule has 0 nitrogen and oxygen atoms in total. The second-order valence-corrected chi connectivity index (χ2v) is 5.35. The van der Waals surface area contributed by atoms with Crippen molar-refractivity contribution in [3.8, 4) is 0 Å². The van der Waals surface area contributed by atoms with E-state index in [1.807, 2.05) is 0 Å². The normalized spacial score (nSPS) is 13.1. The van der Waals surface area contributed by atoms with E-state index in [-0.39, 0.29) is 7.43 Å². The van der Waals surface area contributed by atoms with Crippen molar-refractivity contribution in [1.29, 1.82) is 0 Å². The van der Waals surface area contributed by atoms with Crippen molar-refractivity contribution in [1.82, 2.24) is 0 Å². The highest BCUT2D eigenvalue weighted by Crippen LogP contribution is 2.35. The van der Waals surface area contributed by atoms with Gasteiger partial charge >= 0.3 is 0 Å². The van der Waals surface area contributed by atoms with E-state index in [0.717, 1.165) is 5.66 Å². The molecule has 0 aromatic heterocycles. The Kier molecular flexibility index (Phi) is 7.83. The van der Waals surface area contributed by atoms with Gasteiger partial charge in [-0.05, 0) is 18.5 Å². The number of hydrogen-bond acceptors (Lipinski definition) is 0. The lowest BCUT2D eigenvalue weighted by Gasteiger charge is -2.11. The first-order chi connectivity index (χ1) is 3.18. The molecule has 0 fully saturated rings. The Hall–Kier alpha value is 0.430. The maximum Gasteiger partial charge on any atom is -0.0269 e. The van der Waals surface area contributed by atoms with Gasteiger partial charge in [-0.2, -0.15) is 0 Å². The van der Waals surface area contributed by atoms with Gasteiger partial charge in [0.15, 0.2) is 0 Å². The molecule has 0 heterocycles. The van der Waals surface area contributed by atoms with E-state index in [9.17, 15) is 0 Å². The van der Waals surface area contributed by atoms with Gasteiger partial charge in [0.05, 0.1) is 0 Å². The summed E-state index contributed by atoms with van der Waals surface area (Å²) >= 11 is 0. The molecule has 0 aromatic rings. The van der Waals surface area contributed by atoms with Crippen molar-refractivity contribution in [2.75, 3.05) is 12.8 Å². The molecule has 0 bridgehead atoms. The van der Waals surface area contributed by atoms with Crippen LogP contribution in [0.4, 0.5) is 0 Å². The molecule has 0 rings (SSSR count). The molecule has 1 atom stereocenters. The topological polar surface area (TPSA) is 0 Å². The molecular weight excluding hydrogens is 115 g/mol. The van der Waals surface area contributed by atoms with Gasteiger partial charge in [-0.25, -0.2) is 0 Å². The minimum absolute atomic E-state index is 0. The summed E-state index contributed by atoms with van der Waals surface area (Å²) in [5.41, 5.74) is 0.931. The minimum atomic E-state index is 0. The fourth-order valence-electron chi connectivity index (χ4n) is 0.365. The van der Waals surface area contributed by atoms with Crippen molar-refractivity contribution in [2.24, 2.45) is 0 Å². The fourth-order valence-corrected chi connectivity index (χ4v) is 1.10. The second-order valence-electron chi connectivity index (χ2n) is 2.17. The molecular formula is C7H19P. The Labute approximate surface area is 55.4 Å². The lowest BCUT2D eigenvalue weighted by atomic mass is 10.6. The summed E-state index contributed by atoms with van der Waals surface area (Å²) in [5.74, 6) is 0. The van der Waals surface area contributed by atoms with Crippen LogP contribution in [0.1, 0.15) is 28.2 Å². The Morgan fingerprint density at radius 2 is 1.75 bits per heavy atom. The fraction of sp³-hybridized carbons (Fsp3) is 1.00. The monoisotopic (exact) mass is 134 g/mol. The van der Waals surface area contributed by atoms with E-state index >= 15 is 0 Å². The van der Waals surface area contributed by atoms with Gasteiger partial charge in [0.25, 0.3) is 0 Å². The third kappa shape index (κ3) is 4.59. The van der Waals surface area contributed by atoms with Gasteiger partial charge in [0.2, 0.25) is 0 Å². The van der Waals surface area contributed by atoms with Crippen LogP contribution < -0.4 is 0 Å². The van der Waals surface area contributed by atoms with E-state index in [1.54, 1.807) is 0 Å². The van der Waals surface area contributed by atoms with Crippen molar-refractivity contribution < 1.29 is 0 Å². The third-order valence-corrected chi connectivity index (χ3v) is 4.14. The largest absolute Gasteiger partial charge is 0.108 e. The lowest BCUT2D eigenvalue weighted by Crippen LogP contribution is -1.91. The Balaban J connectivity index is 0. The molecule has 0 aromatic carbocycles. The average Bonchev–Trinajstić information content (AvgIpc) is 1.65. The van der Waals surface area contributed by atoms with Crippen LogP contribution in [-0.2, 0) is 0 Å². The highest BCUT2D eigenvalue weighted by atomic mass is 31.1. The summed E-state index contributed by atoms with van der Waals surface area (Å²) in [7, 11) is 0.363. The molecule has 52 valence electrons. The maximum atomic E-state index is 2.36. The van der Waals surface area contributed by atoms with E-state index in [0.29, 0.717) is 7.92 Å². The molecule has 0 amide bonds. The van der Waals surface area contributed by atoms with E-state index in [2.05, 4.69) is 27.4 Å². The van der Waals surface area contributed by atoms with E-state index < -0.39 is 0 Å². The zero-order chi connectivity index (χ0) is 5.86. The average molecular weight is 134 g/mol. The molecule has 0 radical (unpaired) electrons. The molecule has 0 aliphatic rings. The van der Waals surface area contributed by atoms with Crippen LogP contribution in [-0.4, -0.2) is 18.5 Å². The Morgan fingerprint density at radius 3 is 1.75 bits per heavy atom. The van der Waals surface area contributed by atoms with Gasteiger partial charge in [-0.3, -0.25) is 0 Å². The zero-order valence-electron chi connectivity index (χ0n) is 5.73. The van der Waals surface area contributed by atoms with Crippen molar-refractivity contribution in [2.45, 2.75) is 33.9 Å². The number of hydrogen-bond donors (Lipinski definition) is 0. The summed E-state index contributed by atoms with van der Waals surface area (Å²) in [6.07, 6.45) is 1.38. The van der Waals surface area contributed by atoms with Crippen molar-refractivity contribution in [3.05, 3.63) is 0 Å². The molecule has 0 spiro atoms. The standard InChI is InChI=1S/C6H15P.CH4/c1-5-7(4)6(2)3;/h6H,5H2,1-4H3;1H4. The van der Waals surface area contributed by atoms with Crippen LogP contribution in [0.3, 0.4) is 0 Å². The van der Waals surface area contributed by atoms with Gasteiger partial charge in [0.1, 0.15) is 0 Å². The first-order valence-corrected chi connectivity index (χ1v) is 4.93. The van der Waals surface area contributed by atoms with Gasteiger partial charge in [-0.1, -0.05) is 28.2 Å². The maximum absolute atomic E-state index is 2.36. The minimum Gasteiger partial charge on any atom is -0.108 e. The summed E-state index contributed by atoms with van der Waals surface area (Å²) < 4.78 is 0. The molecule has 1 unspecified atom stereocenters. The Bertz CT molecular complexity index is 41.7. The van der Waals surface area contributed by atoms with E-state index in [4.69, 9.17) is 0 Å².